The maximum Gasteiger partial charge on any atom is 0.260 e. The smallest absolute Gasteiger partial charge is 0.260 e. The minimum absolute atomic E-state index is 0.138. The van der Waals surface area contributed by atoms with E-state index in [9.17, 15) is 4.79 Å². The van der Waals surface area contributed by atoms with E-state index in [0.29, 0.717) is 18.0 Å². The monoisotopic (exact) mass is 276 g/mol. The normalized spacial score (nSPS) is 17.4. The molecule has 5 heteroatoms. The van der Waals surface area contributed by atoms with Gasteiger partial charge in [0, 0.05) is 12.1 Å². The Morgan fingerprint density at radius 2 is 2.30 bits per heavy atom. The van der Waals surface area contributed by atoms with Crippen LogP contribution in [-0.4, -0.2) is 29.5 Å². The number of nitrogens with zero attached hydrogens (tertiary/aromatic N) is 1. The van der Waals surface area contributed by atoms with Crippen LogP contribution < -0.4 is 10.1 Å². The molecule has 2 rings (SSSR count). The third kappa shape index (κ3) is 3.10. The Kier molecular flexibility index (Phi) is 4.61. The number of carbonyl (C=O) groups excluding carboxylic acids is 1. The molecule has 5 nitrogen and oxygen atoms in total. The zero-order chi connectivity index (χ0) is 14.5. The number of hydrogen-bond acceptors (Lipinski definition) is 4. The van der Waals surface area contributed by atoms with Gasteiger partial charge in [-0.2, -0.15) is 0 Å². The zero-order valence-electron chi connectivity index (χ0n) is 11.8. The van der Waals surface area contributed by atoms with Gasteiger partial charge in [0.1, 0.15) is 5.75 Å². The Balaban J connectivity index is 2.16. The van der Waals surface area contributed by atoms with E-state index in [1.54, 1.807) is 6.92 Å². The molecule has 0 saturated carbocycles. The molecule has 108 valence electrons. The molecule has 2 N–H and O–H groups in total. The minimum atomic E-state index is -0.550. The first-order chi connectivity index (χ1) is 9.65. The minimum Gasteiger partial charge on any atom is -0.481 e. The molecule has 0 bridgehead atoms. The topological polar surface area (TPSA) is 70.9 Å². The van der Waals surface area contributed by atoms with Gasteiger partial charge in [-0.25, -0.2) is 0 Å². The van der Waals surface area contributed by atoms with Crippen LogP contribution in [0.15, 0.2) is 23.4 Å². The van der Waals surface area contributed by atoms with E-state index in [-0.39, 0.29) is 5.91 Å². The van der Waals surface area contributed by atoms with E-state index >= 15 is 0 Å². The summed E-state index contributed by atoms with van der Waals surface area (Å²) in [6.07, 6.45) is 2.17. The van der Waals surface area contributed by atoms with E-state index in [1.807, 2.05) is 25.1 Å². The SMILES string of the molecule is CCNC(=O)C(C)Oc1ccc2c(c1)/C(=N\O)CCC2. The number of nitrogens with one attached hydrogen (secondary N) is 1. The van der Waals surface area contributed by atoms with Gasteiger partial charge >= 0.3 is 0 Å². The van der Waals surface area contributed by atoms with Gasteiger partial charge in [0.05, 0.1) is 5.71 Å². The van der Waals surface area contributed by atoms with Gasteiger partial charge in [-0.15, -0.1) is 0 Å². The summed E-state index contributed by atoms with van der Waals surface area (Å²) in [7, 11) is 0. The molecule has 1 aromatic carbocycles. The Morgan fingerprint density at radius 1 is 1.50 bits per heavy atom. The van der Waals surface area contributed by atoms with Crippen LogP contribution in [-0.2, 0) is 11.2 Å². The lowest BCUT2D eigenvalue weighted by molar-refractivity contribution is -0.127. The predicted octanol–water partition coefficient (Wildman–Crippen LogP) is 2.10. The van der Waals surface area contributed by atoms with Crippen molar-refractivity contribution >= 4 is 11.6 Å². The van der Waals surface area contributed by atoms with Crippen LogP contribution in [0.5, 0.6) is 5.75 Å². The highest BCUT2D eigenvalue weighted by Crippen LogP contribution is 2.26. The van der Waals surface area contributed by atoms with Crippen molar-refractivity contribution in [3.05, 3.63) is 29.3 Å². The summed E-state index contributed by atoms with van der Waals surface area (Å²) in [6, 6.07) is 5.67. The molecule has 0 saturated heterocycles. The molecule has 1 aromatic rings. The van der Waals surface area contributed by atoms with Crippen molar-refractivity contribution in [2.75, 3.05) is 6.54 Å². The maximum atomic E-state index is 11.7. The highest BCUT2D eigenvalue weighted by molar-refractivity contribution is 6.02. The van der Waals surface area contributed by atoms with Crippen molar-refractivity contribution in [2.45, 2.75) is 39.2 Å². The largest absolute Gasteiger partial charge is 0.481 e. The first kappa shape index (κ1) is 14.4. The van der Waals surface area contributed by atoms with Crippen molar-refractivity contribution in [1.29, 1.82) is 0 Å². The van der Waals surface area contributed by atoms with Crippen LogP contribution in [0.3, 0.4) is 0 Å². The second-order valence-electron chi connectivity index (χ2n) is 4.87. The quantitative estimate of drug-likeness (QED) is 0.653. The second kappa shape index (κ2) is 6.41. The number of aryl methyl sites for hydroxylation is 1. The fourth-order valence-corrected chi connectivity index (χ4v) is 2.38. The van der Waals surface area contributed by atoms with E-state index in [0.717, 1.165) is 30.4 Å². The average molecular weight is 276 g/mol. The summed E-state index contributed by atoms with van der Waals surface area (Å²) in [5, 5.41) is 15.1. The third-order valence-corrected chi connectivity index (χ3v) is 3.41. The molecular weight excluding hydrogens is 256 g/mol. The molecule has 0 heterocycles. The van der Waals surface area contributed by atoms with Crippen LogP contribution in [0.4, 0.5) is 0 Å². The summed E-state index contributed by atoms with van der Waals surface area (Å²) in [5.41, 5.74) is 2.75. The van der Waals surface area contributed by atoms with Crippen LogP contribution in [0.2, 0.25) is 0 Å². The van der Waals surface area contributed by atoms with Crippen LogP contribution in [0.25, 0.3) is 0 Å². The number of fused-ring (bicyclic) bond motifs is 1. The van der Waals surface area contributed by atoms with Crippen molar-refractivity contribution in [3.63, 3.8) is 0 Å². The lowest BCUT2D eigenvalue weighted by Gasteiger charge is -2.19. The van der Waals surface area contributed by atoms with Gasteiger partial charge in [0.25, 0.3) is 5.91 Å². The molecule has 0 radical (unpaired) electrons. The van der Waals surface area contributed by atoms with Gasteiger partial charge in [-0.05, 0) is 50.8 Å². The molecule has 1 amide bonds. The third-order valence-electron chi connectivity index (χ3n) is 3.41. The number of rotatable bonds is 4. The molecule has 0 spiro atoms. The van der Waals surface area contributed by atoms with Crippen LogP contribution in [0, 0.1) is 0 Å². The summed E-state index contributed by atoms with van der Waals surface area (Å²) in [6.45, 7) is 4.16. The molecule has 0 aliphatic heterocycles. The number of ether oxygens (including phenoxy) is 1. The van der Waals surface area contributed by atoms with Gasteiger partial charge in [0.2, 0.25) is 0 Å². The summed E-state index contributed by atoms with van der Waals surface area (Å²) in [4.78, 5) is 11.7. The van der Waals surface area contributed by atoms with E-state index < -0.39 is 6.10 Å². The van der Waals surface area contributed by atoms with Crippen molar-refractivity contribution < 1.29 is 14.7 Å². The lowest BCUT2D eigenvalue weighted by atomic mass is 9.90. The number of amides is 1. The number of hydrogen-bond donors (Lipinski definition) is 2. The lowest BCUT2D eigenvalue weighted by Crippen LogP contribution is -2.36. The predicted molar refractivity (Wildman–Crippen MR) is 76.5 cm³/mol. The van der Waals surface area contributed by atoms with E-state index in [4.69, 9.17) is 9.94 Å². The second-order valence-corrected chi connectivity index (χ2v) is 4.87. The molecule has 1 unspecified atom stereocenters. The number of carbonyl (C=O) groups is 1. The Hall–Kier alpha value is -2.04. The molecule has 0 aromatic heterocycles. The first-order valence-corrected chi connectivity index (χ1v) is 6.94. The summed E-state index contributed by atoms with van der Waals surface area (Å²) >= 11 is 0. The van der Waals surface area contributed by atoms with E-state index in [2.05, 4.69) is 10.5 Å². The molecule has 20 heavy (non-hydrogen) atoms. The molecule has 1 aliphatic carbocycles. The maximum absolute atomic E-state index is 11.7. The highest BCUT2D eigenvalue weighted by Gasteiger charge is 2.19. The fraction of sp³-hybridized carbons (Fsp3) is 0.467. The molecule has 1 atom stereocenters. The van der Waals surface area contributed by atoms with Crippen molar-refractivity contribution in [3.8, 4) is 5.75 Å². The Labute approximate surface area is 118 Å². The zero-order valence-corrected chi connectivity index (χ0v) is 11.8. The van der Waals surface area contributed by atoms with Crippen LogP contribution in [0.1, 0.15) is 37.8 Å². The van der Waals surface area contributed by atoms with Gasteiger partial charge in [-0.3, -0.25) is 4.79 Å². The molecule has 0 fully saturated rings. The van der Waals surface area contributed by atoms with Crippen molar-refractivity contribution in [1.82, 2.24) is 5.32 Å². The number of likely N-dealkylation sites (N-methyl/N-ethyl adjacent to an activating group) is 1. The number of oxime groups is 1. The highest BCUT2D eigenvalue weighted by atomic mass is 16.5. The van der Waals surface area contributed by atoms with Gasteiger partial charge < -0.3 is 15.3 Å². The Bertz CT molecular complexity index is 526. The Morgan fingerprint density at radius 3 is 3.00 bits per heavy atom. The molecule has 1 aliphatic rings. The van der Waals surface area contributed by atoms with Gasteiger partial charge in [0.15, 0.2) is 6.10 Å². The van der Waals surface area contributed by atoms with Crippen LogP contribution >= 0.6 is 0 Å². The molecular formula is C15H20N2O3. The first-order valence-electron chi connectivity index (χ1n) is 6.94. The van der Waals surface area contributed by atoms with Crippen molar-refractivity contribution in [2.24, 2.45) is 5.16 Å². The average Bonchev–Trinajstić information content (AvgIpc) is 2.46. The van der Waals surface area contributed by atoms with Gasteiger partial charge in [-0.1, -0.05) is 11.2 Å². The van der Waals surface area contributed by atoms with E-state index in [1.165, 1.54) is 0 Å². The summed E-state index contributed by atoms with van der Waals surface area (Å²) in [5.74, 6) is 0.479. The standard InChI is InChI=1S/C15H20N2O3/c1-3-16-15(18)10(2)20-12-8-7-11-5-4-6-14(17-19)13(11)9-12/h7-10,19H,3-6H2,1-2H3,(H,16,18)/b17-14-. The summed E-state index contributed by atoms with van der Waals surface area (Å²) < 4.78 is 5.64. The number of benzene rings is 1. The fourth-order valence-electron chi connectivity index (χ4n) is 2.38.